The van der Waals surface area contributed by atoms with Crippen molar-refractivity contribution in [3.05, 3.63) is 251 Å². The van der Waals surface area contributed by atoms with Gasteiger partial charge >= 0.3 is 0 Å². The van der Waals surface area contributed by atoms with E-state index in [0.29, 0.717) is 79.3 Å². The molecule has 9 aromatic carbocycles. The maximum Gasteiger partial charge on any atom is 0.142 e. The Balaban J connectivity index is 1.05. The molecule has 468 valence electrons. The molecule has 0 aliphatic heterocycles. The average molecular weight is 1210 g/mol. The van der Waals surface area contributed by atoms with Crippen LogP contribution in [-0.2, 0) is 47.0 Å². The third-order valence-corrected chi connectivity index (χ3v) is 16.9. The molecule has 0 radical (unpaired) electrons. The van der Waals surface area contributed by atoms with E-state index in [2.05, 4.69) is 270 Å². The van der Waals surface area contributed by atoms with E-state index in [-0.39, 0.29) is 6.61 Å². The topological polar surface area (TPSA) is 94.6 Å². The van der Waals surface area contributed by atoms with Gasteiger partial charge in [0, 0.05) is 60.9 Å². The fraction of sp³-hybridized carbons (Fsp3) is 0.308. The largest absolute Gasteiger partial charge is 0.489 e. The molecule has 12 heteroatoms. The van der Waals surface area contributed by atoms with Crippen molar-refractivity contribution < 1.29 is 42.7 Å². The summed E-state index contributed by atoms with van der Waals surface area (Å²) in [5.74, 6) is 0.782. The molecule has 0 spiro atoms. The molecule has 1 unspecified atom stereocenters. The van der Waals surface area contributed by atoms with Crippen molar-refractivity contribution in [2.75, 3.05) is 136 Å². The number of methoxy groups -OCH3 is 1. The Bertz CT molecular complexity index is 3710. The van der Waals surface area contributed by atoms with Crippen LogP contribution >= 0.6 is 0 Å². The van der Waals surface area contributed by atoms with E-state index in [9.17, 15) is 0 Å². The van der Waals surface area contributed by atoms with E-state index in [0.717, 1.165) is 85.4 Å². The van der Waals surface area contributed by atoms with Crippen molar-refractivity contribution in [3.8, 4) is 28.0 Å². The number of rotatable bonds is 33. The summed E-state index contributed by atoms with van der Waals surface area (Å²) >= 11 is 0. The lowest BCUT2D eigenvalue weighted by molar-refractivity contribution is -0.901. The van der Waals surface area contributed by atoms with Gasteiger partial charge in [-0.2, -0.15) is 0 Å². The highest BCUT2D eigenvalue weighted by molar-refractivity contribution is 5.90. The van der Waals surface area contributed by atoms with Crippen molar-refractivity contribution in [2.24, 2.45) is 0 Å². The van der Waals surface area contributed by atoms with Crippen LogP contribution in [0.25, 0.3) is 22.3 Å². The van der Waals surface area contributed by atoms with Crippen LogP contribution in [0, 0.1) is 13.8 Å². The van der Waals surface area contributed by atoms with Gasteiger partial charge in [0.05, 0.1) is 111 Å². The number of aliphatic hydroxyl groups is 1. The van der Waals surface area contributed by atoms with Gasteiger partial charge in [-0.25, -0.2) is 0 Å². The number of aryl methyl sites for hydroxylation is 2. The molecule has 12 nitrogen and oxygen atoms in total. The molecule has 0 saturated heterocycles. The molecule has 0 aromatic heterocycles. The summed E-state index contributed by atoms with van der Waals surface area (Å²) < 4.78 is 41.7. The minimum absolute atomic E-state index is 0.00552. The lowest BCUT2D eigenvalue weighted by Gasteiger charge is -2.36. The molecule has 90 heavy (non-hydrogen) atoms. The normalized spacial score (nSPS) is 13.5. The predicted molar refractivity (Wildman–Crippen MR) is 366 cm³/mol. The first-order chi connectivity index (χ1) is 43.9. The van der Waals surface area contributed by atoms with E-state index < -0.39 is 5.41 Å². The average Bonchev–Trinajstić information content (AvgIpc) is 1.52. The fourth-order valence-corrected chi connectivity index (χ4v) is 12.0. The zero-order chi connectivity index (χ0) is 62.9. The fourth-order valence-electron chi connectivity index (χ4n) is 12.0. The maximum absolute atomic E-state index is 9.10. The lowest BCUT2D eigenvalue weighted by Crippen LogP contribution is -2.38. The summed E-state index contributed by atoms with van der Waals surface area (Å²) in [6.45, 7) is 13.7. The zero-order valence-electron chi connectivity index (χ0n) is 53.8. The van der Waals surface area contributed by atoms with E-state index in [1.54, 1.807) is 7.11 Å². The molecule has 1 atom stereocenters. The number of aliphatic hydroxyl groups excluding tert-OH is 1. The summed E-state index contributed by atoms with van der Waals surface area (Å²) in [5.41, 5.74) is 20.8. The van der Waals surface area contributed by atoms with Gasteiger partial charge in [0.2, 0.25) is 0 Å². The Morgan fingerprint density at radius 2 is 0.900 bits per heavy atom. The van der Waals surface area contributed by atoms with Crippen LogP contribution in [-0.4, -0.2) is 131 Å². The zero-order valence-corrected chi connectivity index (χ0v) is 53.8. The molecule has 0 fully saturated rings. The minimum Gasteiger partial charge on any atom is -0.489 e. The molecule has 9 aromatic rings. The van der Waals surface area contributed by atoms with Gasteiger partial charge in [0.1, 0.15) is 18.9 Å². The van der Waals surface area contributed by atoms with Crippen LogP contribution in [0.5, 0.6) is 5.75 Å². The van der Waals surface area contributed by atoms with Crippen LogP contribution in [0.1, 0.15) is 51.4 Å². The highest BCUT2D eigenvalue weighted by Gasteiger charge is 2.47. The van der Waals surface area contributed by atoms with Crippen molar-refractivity contribution >= 4 is 39.8 Å². The SMILES string of the molecule is CC[N+](C)(C)Cc1cc(C2(c3ccc(OCCOCCOCCOC)c(N(C)C)c3)c3cc(C)ccc3-c3ccc(-c4ccc(N(c5ccccc5)c5ccc(N(c6ccccc6)c6ccc(C)cc6)cc5)cc4)cc32)ccc1COCCOCCOCCO. The molecule has 0 bridgehead atoms. The van der Waals surface area contributed by atoms with Gasteiger partial charge in [-0.05, 0) is 168 Å². The number of nitrogens with zero attached hydrogens (tertiary/aromatic N) is 4. The third kappa shape index (κ3) is 15.4. The lowest BCUT2D eigenvalue weighted by atomic mass is 9.66. The second kappa shape index (κ2) is 31.1. The van der Waals surface area contributed by atoms with Gasteiger partial charge in [-0.3, -0.25) is 0 Å². The number of fused-ring (bicyclic) bond motifs is 3. The summed E-state index contributed by atoms with van der Waals surface area (Å²) in [4.78, 5) is 6.79. The Labute approximate surface area is 533 Å². The van der Waals surface area contributed by atoms with Gasteiger partial charge in [-0.1, -0.05) is 120 Å². The molecule has 0 heterocycles. The first kappa shape index (κ1) is 64.8. The molecule has 10 rings (SSSR count). The van der Waals surface area contributed by atoms with Crippen molar-refractivity contribution in [1.29, 1.82) is 0 Å². The summed E-state index contributed by atoms with van der Waals surface area (Å²) in [5, 5.41) is 9.10. The summed E-state index contributed by atoms with van der Waals surface area (Å²) in [6.07, 6.45) is 0. The number of ether oxygens (including phenoxy) is 7. The Hall–Kier alpha value is -8.14. The second-order valence-electron chi connectivity index (χ2n) is 23.8. The summed E-state index contributed by atoms with van der Waals surface area (Å²) in [7, 11) is 10.4. The maximum atomic E-state index is 9.10. The van der Waals surface area contributed by atoms with E-state index >= 15 is 0 Å². The quantitative estimate of drug-likeness (QED) is 0.0315. The first-order valence-electron chi connectivity index (χ1n) is 31.5. The number of hydrogen-bond acceptors (Lipinski definition) is 11. The molecule has 1 N–H and O–H groups in total. The van der Waals surface area contributed by atoms with E-state index in [1.165, 1.54) is 44.5 Å². The smallest absolute Gasteiger partial charge is 0.142 e. The van der Waals surface area contributed by atoms with Gasteiger partial charge < -0.3 is 57.4 Å². The number of benzene rings is 9. The second-order valence-corrected chi connectivity index (χ2v) is 23.8. The van der Waals surface area contributed by atoms with Crippen molar-refractivity contribution in [3.63, 3.8) is 0 Å². The van der Waals surface area contributed by atoms with Gasteiger partial charge in [0.25, 0.3) is 0 Å². The highest BCUT2D eigenvalue weighted by atomic mass is 16.6. The predicted octanol–water partition coefficient (Wildman–Crippen LogP) is 15.5. The molecule has 1 aliphatic carbocycles. The number of para-hydroxylation sites is 2. The third-order valence-electron chi connectivity index (χ3n) is 16.9. The Kier molecular flexibility index (Phi) is 22.4. The van der Waals surface area contributed by atoms with Crippen molar-refractivity contribution in [2.45, 2.75) is 39.3 Å². The summed E-state index contributed by atoms with van der Waals surface area (Å²) in [6, 6.07) is 75.8. The number of hydrogen-bond donors (Lipinski definition) is 1. The molecule has 0 amide bonds. The van der Waals surface area contributed by atoms with E-state index in [1.807, 2.05) is 0 Å². The molecule has 0 saturated carbocycles. The van der Waals surface area contributed by atoms with Crippen molar-refractivity contribution in [1.82, 2.24) is 0 Å². The standard InChI is InChI=1S/C78H89N4O8/c1-9-82(6,7)56-63-53-64(27-23-62(63)57-89-49-48-87-45-44-85-41-40-83)78(65-28-39-77(76(55-65)79(4)5)90-51-50-88-47-46-86-43-42-84-8)74-52-59(3)22-37-72(74)73-38-26-61(54-75(73)78)60-24-31-69(32-25-60)81(67-18-14-11-15-19-67)71-35-33-70(34-36-71)80(66-16-12-10-13-17-66)68-29-20-58(2)21-30-68/h10-39,52-55,83H,9,40-51,56-57H2,1-8H3/q+1. The molecule has 1 aliphatic rings. The first-order valence-corrected chi connectivity index (χ1v) is 31.5. The molecular formula is C78H89N4O8+. The van der Waals surface area contributed by atoms with Crippen LogP contribution in [0.4, 0.5) is 39.8 Å². The Morgan fingerprint density at radius 3 is 1.47 bits per heavy atom. The Morgan fingerprint density at radius 1 is 0.433 bits per heavy atom. The van der Waals surface area contributed by atoms with Crippen LogP contribution in [0.2, 0.25) is 0 Å². The minimum atomic E-state index is -0.767. The van der Waals surface area contributed by atoms with Crippen LogP contribution < -0.4 is 19.4 Å². The number of quaternary nitrogens is 1. The highest BCUT2D eigenvalue weighted by Crippen LogP contribution is 2.58. The number of anilines is 7. The van der Waals surface area contributed by atoms with E-state index in [4.69, 9.17) is 38.3 Å². The van der Waals surface area contributed by atoms with Crippen LogP contribution in [0.3, 0.4) is 0 Å². The van der Waals surface area contributed by atoms with Gasteiger partial charge in [-0.15, -0.1) is 0 Å². The van der Waals surface area contributed by atoms with Gasteiger partial charge in [0.15, 0.2) is 0 Å². The molecular weight excluding hydrogens is 1120 g/mol. The van der Waals surface area contributed by atoms with Crippen LogP contribution in [0.15, 0.2) is 206 Å². The monoisotopic (exact) mass is 1210 g/mol.